The number of pyridine rings is 1. The van der Waals surface area contributed by atoms with E-state index in [0.29, 0.717) is 0 Å². The van der Waals surface area contributed by atoms with E-state index in [4.69, 9.17) is 5.10 Å². The average molecular weight is 383 g/mol. The highest BCUT2D eigenvalue weighted by Crippen LogP contribution is 2.29. The molecule has 122 valence electrons. The van der Waals surface area contributed by atoms with Gasteiger partial charge in [0.05, 0.1) is 11.4 Å². The van der Waals surface area contributed by atoms with Gasteiger partial charge in [-0.15, -0.1) is 0 Å². The third kappa shape index (κ3) is 3.08. The molecule has 0 radical (unpaired) electrons. The summed E-state index contributed by atoms with van der Waals surface area (Å²) in [6, 6.07) is 14.3. The lowest BCUT2D eigenvalue weighted by Gasteiger charge is -2.09. The Balaban J connectivity index is 1.78. The van der Waals surface area contributed by atoms with Gasteiger partial charge in [0.2, 0.25) is 0 Å². The van der Waals surface area contributed by atoms with Crippen molar-refractivity contribution in [3.05, 3.63) is 70.1 Å². The third-order valence-electron chi connectivity index (χ3n) is 4.36. The van der Waals surface area contributed by atoms with Crippen LogP contribution in [0.5, 0.6) is 0 Å². The molecule has 0 bridgehead atoms. The maximum absolute atomic E-state index is 4.93. The van der Waals surface area contributed by atoms with Gasteiger partial charge in [-0.25, -0.2) is 4.68 Å². The quantitative estimate of drug-likeness (QED) is 0.731. The molecule has 2 aromatic heterocycles. The van der Waals surface area contributed by atoms with Crippen LogP contribution < -0.4 is 5.32 Å². The average Bonchev–Trinajstić information content (AvgIpc) is 2.79. The maximum atomic E-state index is 4.93. The second kappa shape index (κ2) is 6.77. The standard InChI is InChI=1S/C19H19BrN4/c20-14-7-9-16(10-8-14)24-19-17(6-2-4-12-22-19)18(23-24)13-15-5-1-3-11-21-15/h1,3,5,7-11,22H,2,4,6,12-13H2. The van der Waals surface area contributed by atoms with E-state index in [2.05, 4.69) is 56.6 Å². The van der Waals surface area contributed by atoms with Crippen molar-refractivity contribution >= 4 is 21.7 Å². The molecule has 0 aliphatic carbocycles. The van der Waals surface area contributed by atoms with Gasteiger partial charge in [0.1, 0.15) is 5.82 Å². The van der Waals surface area contributed by atoms with Gasteiger partial charge >= 0.3 is 0 Å². The number of halogens is 1. The van der Waals surface area contributed by atoms with Crippen molar-refractivity contribution in [2.45, 2.75) is 25.7 Å². The van der Waals surface area contributed by atoms with Crippen LogP contribution in [-0.2, 0) is 12.8 Å². The molecule has 4 nitrogen and oxygen atoms in total. The topological polar surface area (TPSA) is 42.7 Å². The Morgan fingerprint density at radius 3 is 2.75 bits per heavy atom. The molecule has 0 amide bonds. The van der Waals surface area contributed by atoms with Gasteiger partial charge in [-0.1, -0.05) is 22.0 Å². The normalized spacial score (nSPS) is 13.9. The van der Waals surface area contributed by atoms with E-state index in [0.717, 1.165) is 46.8 Å². The van der Waals surface area contributed by atoms with E-state index in [1.807, 2.05) is 23.0 Å². The minimum Gasteiger partial charge on any atom is -0.370 e. The maximum Gasteiger partial charge on any atom is 0.133 e. The molecule has 0 fully saturated rings. The van der Waals surface area contributed by atoms with Gasteiger partial charge in [0, 0.05) is 34.9 Å². The number of aromatic nitrogens is 3. The zero-order valence-corrected chi connectivity index (χ0v) is 15.0. The highest BCUT2D eigenvalue weighted by molar-refractivity contribution is 9.10. The minimum absolute atomic E-state index is 0.772. The van der Waals surface area contributed by atoms with Crippen molar-refractivity contribution in [1.82, 2.24) is 14.8 Å². The Labute approximate surface area is 150 Å². The lowest BCUT2D eigenvalue weighted by molar-refractivity contribution is 0.766. The molecule has 0 unspecified atom stereocenters. The summed E-state index contributed by atoms with van der Waals surface area (Å²) < 4.78 is 3.12. The Kier molecular flexibility index (Phi) is 4.34. The van der Waals surface area contributed by atoms with Gasteiger partial charge in [-0.3, -0.25) is 4.98 Å². The summed E-state index contributed by atoms with van der Waals surface area (Å²) >= 11 is 3.50. The second-order valence-electron chi connectivity index (χ2n) is 6.04. The number of fused-ring (bicyclic) bond motifs is 1. The highest BCUT2D eigenvalue weighted by Gasteiger charge is 2.20. The predicted octanol–water partition coefficient (Wildman–Crippen LogP) is 4.37. The number of hydrogen-bond donors (Lipinski definition) is 1. The summed E-state index contributed by atoms with van der Waals surface area (Å²) in [6.45, 7) is 0.998. The molecule has 1 aromatic carbocycles. The van der Waals surface area contributed by atoms with Gasteiger partial charge < -0.3 is 5.32 Å². The fourth-order valence-electron chi connectivity index (χ4n) is 3.16. The predicted molar refractivity (Wildman–Crippen MR) is 99.7 cm³/mol. The lowest BCUT2D eigenvalue weighted by atomic mass is 10.1. The Bertz CT molecular complexity index is 825. The first-order chi connectivity index (χ1) is 11.8. The summed E-state index contributed by atoms with van der Waals surface area (Å²) in [5.74, 6) is 1.14. The van der Waals surface area contributed by atoms with Crippen LogP contribution in [0.2, 0.25) is 0 Å². The summed E-state index contributed by atoms with van der Waals surface area (Å²) in [5.41, 5.74) is 4.60. The molecule has 0 spiro atoms. The molecular formula is C19H19BrN4. The number of anilines is 1. The summed E-state index contributed by atoms with van der Waals surface area (Å²) in [7, 11) is 0. The molecule has 3 aromatic rings. The van der Waals surface area contributed by atoms with Crippen molar-refractivity contribution in [3.8, 4) is 5.69 Å². The largest absolute Gasteiger partial charge is 0.370 e. The van der Waals surface area contributed by atoms with Gasteiger partial charge in [0.15, 0.2) is 0 Å². The van der Waals surface area contributed by atoms with Gasteiger partial charge in [0.25, 0.3) is 0 Å². The van der Waals surface area contributed by atoms with E-state index in [1.165, 1.54) is 18.4 Å². The third-order valence-corrected chi connectivity index (χ3v) is 4.89. The Morgan fingerprint density at radius 1 is 1.08 bits per heavy atom. The Hall–Kier alpha value is -2.14. The first-order valence-electron chi connectivity index (χ1n) is 8.32. The van der Waals surface area contributed by atoms with Crippen molar-refractivity contribution < 1.29 is 0 Å². The van der Waals surface area contributed by atoms with Crippen LogP contribution in [0.15, 0.2) is 53.1 Å². The molecule has 0 atom stereocenters. The number of rotatable bonds is 3. The molecule has 0 saturated carbocycles. The summed E-state index contributed by atoms with van der Waals surface area (Å²) in [5, 5.41) is 8.51. The van der Waals surface area contributed by atoms with Crippen molar-refractivity contribution in [2.24, 2.45) is 0 Å². The molecule has 3 heterocycles. The molecule has 5 heteroatoms. The first kappa shape index (κ1) is 15.4. The van der Waals surface area contributed by atoms with Gasteiger partial charge in [-0.05, 0) is 55.7 Å². The summed E-state index contributed by atoms with van der Waals surface area (Å²) in [6.07, 6.45) is 6.08. The van der Waals surface area contributed by atoms with Crippen molar-refractivity contribution in [3.63, 3.8) is 0 Å². The lowest BCUT2D eigenvalue weighted by Crippen LogP contribution is -2.07. The SMILES string of the molecule is Brc1ccc(-n2nc(Cc3ccccn3)c3c2NCCCC3)cc1. The number of nitrogens with one attached hydrogen (secondary N) is 1. The molecular weight excluding hydrogens is 364 g/mol. The zero-order valence-electron chi connectivity index (χ0n) is 13.4. The van der Waals surface area contributed by atoms with E-state index >= 15 is 0 Å². The van der Waals surface area contributed by atoms with Crippen LogP contribution in [0, 0.1) is 0 Å². The zero-order chi connectivity index (χ0) is 16.4. The molecule has 1 aliphatic rings. The van der Waals surface area contributed by atoms with Crippen LogP contribution in [0.3, 0.4) is 0 Å². The number of nitrogens with zero attached hydrogens (tertiary/aromatic N) is 3. The molecule has 4 rings (SSSR count). The van der Waals surface area contributed by atoms with E-state index < -0.39 is 0 Å². The smallest absolute Gasteiger partial charge is 0.133 e. The van der Waals surface area contributed by atoms with Crippen molar-refractivity contribution in [1.29, 1.82) is 0 Å². The van der Waals surface area contributed by atoms with E-state index in [9.17, 15) is 0 Å². The van der Waals surface area contributed by atoms with Crippen LogP contribution >= 0.6 is 15.9 Å². The van der Waals surface area contributed by atoms with Crippen LogP contribution in [0.25, 0.3) is 5.69 Å². The molecule has 1 N–H and O–H groups in total. The van der Waals surface area contributed by atoms with Crippen LogP contribution in [-0.4, -0.2) is 21.3 Å². The molecule has 24 heavy (non-hydrogen) atoms. The highest BCUT2D eigenvalue weighted by atomic mass is 79.9. The van der Waals surface area contributed by atoms with E-state index in [-0.39, 0.29) is 0 Å². The fourth-order valence-corrected chi connectivity index (χ4v) is 3.42. The monoisotopic (exact) mass is 382 g/mol. The summed E-state index contributed by atoms with van der Waals surface area (Å²) in [4.78, 5) is 4.46. The van der Waals surface area contributed by atoms with E-state index in [1.54, 1.807) is 0 Å². The molecule has 0 saturated heterocycles. The number of hydrogen-bond acceptors (Lipinski definition) is 3. The number of benzene rings is 1. The first-order valence-corrected chi connectivity index (χ1v) is 9.11. The Morgan fingerprint density at radius 2 is 1.96 bits per heavy atom. The molecule has 1 aliphatic heterocycles. The van der Waals surface area contributed by atoms with Crippen LogP contribution in [0.1, 0.15) is 29.8 Å². The van der Waals surface area contributed by atoms with Crippen LogP contribution in [0.4, 0.5) is 5.82 Å². The van der Waals surface area contributed by atoms with Gasteiger partial charge in [-0.2, -0.15) is 5.10 Å². The fraction of sp³-hybridized carbons (Fsp3) is 0.263. The second-order valence-corrected chi connectivity index (χ2v) is 6.96. The van der Waals surface area contributed by atoms with Crippen molar-refractivity contribution in [2.75, 3.05) is 11.9 Å². The minimum atomic E-state index is 0.772.